The van der Waals surface area contributed by atoms with Gasteiger partial charge in [-0.05, 0) is 74.2 Å². The van der Waals surface area contributed by atoms with E-state index in [9.17, 15) is 39.6 Å². The molecule has 4 rings (SSSR count). The summed E-state index contributed by atoms with van der Waals surface area (Å²) in [5, 5.41) is 55.5. The number of rotatable bonds is 68. The van der Waals surface area contributed by atoms with Gasteiger partial charge in [0, 0.05) is 48.4 Å². The number of benzene rings is 4. The van der Waals surface area contributed by atoms with Crippen molar-refractivity contribution in [2.75, 3.05) is 21.3 Å². The first-order valence-electron chi connectivity index (χ1n) is 45.2. The van der Waals surface area contributed by atoms with E-state index in [1.807, 2.05) is 0 Å². The van der Waals surface area contributed by atoms with Gasteiger partial charge >= 0.3 is 37.7 Å². The molecule has 13 heteroatoms. The zero-order valence-corrected chi connectivity index (χ0v) is 72.7. The van der Waals surface area contributed by atoms with Gasteiger partial charge in [0.1, 0.15) is 0 Å². The number of hydrogen-bond acceptors (Lipinski definition) is 8. The topological polar surface area (TPSA) is 209 Å². The van der Waals surface area contributed by atoms with Crippen molar-refractivity contribution in [1.29, 1.82) is 0 Å². The molecule has 0 aromatic heterocycles. The fourth-order valence-electron chi connectivity index (χ4n) is 13.7. The molecule has 0 aliphatic heterocycles. The second-order valence-electron chi connectivity index (χ2n) is 31.1. The smallest absolute Gasteiger partial charge is 0.872 e. The van der Waals surface area contributed by atoms with E-state index in [1.54, 1.807) is 48.5 Å². The van der Waals surface area contributed by atoms with Gasteiger partial charge in [0.2, 0.25) is 23.6 Å². The Morgan fingerprint density at radius 2 is 0.284 bits per heavy atom. The molecule has 4 N–H and O–H groups in total. The number of carbonyl (C=O) groups is 4. The van der Waals surface area contributed by atoms with Gasteiger partial charge in [-0.15, -0.1) is 23.0 Å². The molecule has 0 bridgehead atoms. The van der Waals surface area contributed by atoms with Crippen LogP contribution in [0.25, 0.3) is 0 Å². The minimum absolute atomic E-state index is 0. The third-order valence-electron chi connectivity index (χ3n) is 20.6. The van der Waals surface area contributed by atoms with Crippen LogP contribution in [0.1, 0.15) is 439 Å². The molecule has 12 nitrogen and oxygen atoms in total. The van der Waals surface area contributed by atoms with Gasteiger partial charge in [-0.3, -0.25) is 19.2 Å². The van der Waals surface area contributed by atoms with E-state index in [0.717, 1.165) is 51.4 Å². The van der Waals surface area contributed by atoms with Crippen LogP contribution in [0.4, 0.5) is 22.7 Å². The minimum Gasteiger partial charge on any atom is -0.872 e. The summed E-state index contributed by atoms with van der Waals surface area (Å²) in [7, 11) is 0. The molecule has 4 aromatic rings. The molecule has 0 fully saturated rings. The maximum Gasteiger partial charge on any atom is 2.00 e. The molecule has 616 valence electrons. The van der Waals surface area contributed by atoms with Gasteiger partial charge in [-0.2, -0.15) is 0 Å². The van der Waals surface area contributed by atoms with E-state index in [1.165, 1.54) is 382 Å². The van der Waals surface area contributed by atoms with Gasteiger partial charge in [0.25, 0.3) is 0 Å². The number of amides is 4. The fraction of sp³-hybridized carbons (Fsp3) is 0.708. The van der Waals surface area contributed by atoms with Gasteiger partial charge in [-0.1, -0.05) is 436 Å². The zero-order valence-electron chi connectivity index (χ0n) is 70.5. The van der Waals surface area contributed by atoms with Crippen LogP contribution in [0.15, 0.2) is 97.1 Å². The summed E-state index contributed by atoms with van der Waals surface area (Å²) < 4.78 is 0. The van der Waals surface area contributed by atoms with E-state index in [2.05, 4.69) is 49.0 Å². The number of anilines is 4. The van der Waals surface area contributed by atoms with Gasteiger partial charge < -0.3 is 41.7 Å². The third kappa shape index (κ3) is 74.4. The van der Waals surface area contributed by atoms with Crippen molar-refractivity contribution in [1.82, 2.24) is 0 Å². The summed E-state index contributed by atoms with van der Waals surface area (Å²) in [6.45, 7) is 9.09. The normalized spacial score (nSPS) is 10.8. The third-order valence-corrected chi connectivity index (χ3v) is 20.6. The predicted octanol–water partition coefficient (Wildman–Crippen LogP) is 27.5. The Bertz CT molecular complexity index is 2250. The molecular weight excluding hydrogens is 1380 g/mol. The van der Waals surface area contributed by atoms with Crippen molar-refractivity contribution in [3.8, 4) is 23.0 Å². The molecular formula is C96H160CaN4O8-2. The maximum absolute atomic E-state index is 11.8. The van der Waals surface area contributed by atoms with Crippen LogP contribution >= 0.6 is 0 Å². The Balaban J connectivity index is 0.00000142. The van der Waals surface area contributed by atoms with Crippen LogP contribution in [0.3, 0.4) is 0 Å². The average Bonchev–Trinajstić information content (AvgIpc) is 0.953. The van der Waals surface area contributed by atoms with Crippen LogP contribution in [-0.2, 0) is 19.2 Å². The Labute approximate surface area is 698 Å². The molecule has 4 aromatic carbocycles. The predicted molar refractivity (Wildman–Crippen MR) is 462 cm³/mol. The van der Waals surface area contributed by atoms with Crippen LogP contribution in [-0.4, -0.2) is 61.4 Å². The number of hydrogen-bond donors (Lipinski definition) is 4. The molecule has 0 saturated heterocycles. The number of nitrogens with one attached hydrogen (secondary N) is 4. The molecule has 109 heavy (non-hydrogen) atoms. The van der Waals surface area contributed by atoms with Gasteiger partial charge in [-0.25, -0.2) is 0 Å². The Hall–Kier alpha value is -4.78. The maximum atomic E-state index is 11.8. The van der Waals surface area contributed by atoms with Crippen molar-refractivity contribution in [3.05, 3.63) is 97.1 Å². The first kappa shape index (κ1) is 104. The summed E-state index contributed by atoms with van der Waals surface area (Å²) in [6, 6.07) is 25.1. The first-order chi connectivity index (χ1) is 52.9. The number of unbranched alkanes of at least 4 members (excludes halogenated alkanes) is 56. The SMILES string of the molecule is CCCCCCCCCCCCCCCCCC(=O)Nc1ccc([O-])cc1.CCCCCCCCCCCCCCCCCC(=O)Nc1ccc([O-])cc1.CCCCCCCCCCCCCCCCCC(=O)Nc1ccc([O-])cc1.CCCCCCCCCCCCCCCCCC(=O)Nc1ccc([O-])cc1.[Ca+2]. The largest absolute Gasteiger partial charge is 2.00 e. The van der Waals surface area contributed by atoms with E-state index in [4.69, 9.17) is 0 Å². The minimum atomic E-state index is -0.0320. The van der Waals surface area contributed by atoms with Crippen molar-refractivity contribution >= 4 is 84.1 Å². The van der Waals surface area contributed by atoms with Crippen molar-refractivity contribution in [3.63, 3.8) is 0 Å². The van der Waals surface area contributed by atoms with Crippen LogP contribution in [0, 0.1) is 0 Å². The molecule has 0 spiro atoms. The summed E-state index contributed by atoms with van der Waals surface area (Å²) >= 11 is 0. The van der Waals surface area contributed by atoms with Crippen molar-refractivity contribution in [2.24, 2.45) is 0 Å². The van der Waals surface area contributed by atoms with E-state index in [0.29, 0.717) is 48.4 Å². The molecule has 0 unspecified atom stereocenters. The summed E-state index contributed by atoms with van der Waals surface area (Å²) in [5.41, 5.74) is 2.84. The molecule has 0 saturated carbocycles. The Morgan fingerprint density at radius 3 is 0.394 bits per heavy atom. The molecule has 0 atom stereocenters. The first-order valence-corrected chi connectivity index (χ1v) is 45.2. The fourth-order valence-corrected chi connectivity index (χ4v) is 13.7. The van der Waals surface area contributed by atoms with Gasteiger partial charge in [0.05, 0.1) is 0 Å². The number of carbonyl (C=O) groups excluding carboxylic acids is 4. The summed E-state index contributed by atoms with van der Waals surface area (Å²) in [4.78, 5) is 47.4. The quantitative estimate of drug-likeness (QED) is 0.0246. The summed E-state index contributed by atoms with van der Waals surface area (Å²) in [5.74, 6) is 0.0509. The standard InChI is InChI=1S/4C24H41NO2.Ca/c4*1-2-3-4-5-6-7-8-9-10-11-12-13-14-15-16-17-24(27)25-22-18-20-23(26)21-19-22;/h4*18-21,26H,2-17H2,1H3,(H,25,27);/q;;;;+2/p-4. The molecule has 0 heterocycles. The second kappa shape index (κ2) is 81.2. The zero-order chi connectivity index (χ0) is 78.3. The van der Waals surface area contributed by atoms with E-state index in [-0.39, 0.29) is 84.4 Å². The molecule has 0 radical (unpaired) electrons. The second-order valence-corrected chi connectivity index (χ2v) is 31.1. The molecule has 0 aliphatic rings. The average molecular weight is 1540 g/mol. The van der Waals surface area contributed by atoms with E-state index >= 15 is 0 Å². The molecule has 4 amide bonds. The van der Waals surface area contributed by atoms with Crippen LogP contribution in [0.5, 0.6) is 23.0 Å². The van der Waals surface area contributed by atoms with Crippen molar-refractivity contribution < 1.29 is 39.6 Å². The molecule has 0 aliphatic carbocycles. The Kier molecular flexibility index (Phi) is 77.7. The summed E-state index contributed by atoms with van der Waals surface area (Å²) in [6.07, 6.45) is 82.1. The van der Waals surface area contributed by atoms with Crippen LogP contribution in [0.2, 0.25) is 0 Å². The van der Waals surface area contributed by atoms with E-state index < -0.39 is 0 Å². The Morgan fingerprint density at radius 1 is 0.183 bits per heavy atom. The van der Waals surface area contributed by atoms with Crippen LogP contribution < -0.4 is 41.7 Å². The van der Waals surface area contributed by atoms with Gasteiger partial charge in [0.15, 0.2) is 0 Å². The van der Waals surface area contributed by atoms with Crippen molar-refractivity contribution in [2.45, 2.75) is 439 Å². The monoisotopic (exact) mass is 1540 g/mol.